The molecule has 0 saturated heterocycles. The maximum absolute atomic E-state index is 5.85. The van der Waals surface area contributed by atoms with Crippen LogP contribution in [-0.4, -0.2) is 0 Å². The molecule has 0 aliphatic heterocycles. The SMILES string of the molecule is CCc1cc2c(N)cc(N)cc2s1. The summed E-state index contributed by atoms with van der Waals surface area (Å²) in [6.07, 6.45) is 1.05. The van der Waals surface area contributed by atoms with Gasteiger partial charge in [0.15, 0.2) is 0 Å². The molecule has 0 aliphatic rings. The molecule has 13 heavy (non-hydrogen) atoms. The third-order valence-corrected chi connectivity index (χ3v) is 3.32. The predicted molar refractivity (Wildman–Crippen MR) is 60.0 cm³/mol. The van der Waals surface area contributed by atoms with Crippen LogP contribution in [0.5, 0.6) is 0 Å². The quantitative estimate of drug-likeness (QED) is 0.682. The largest absolute Gasteiger partial charge is 0.399 e. The Kier molecular flexibility index (Phi) is 1.88. The van der Waals surface area contributed by atoms with Crippen LogP contribution in [0, 0.1) is 0 Å². The van der Waals surface area contributed by atoms with Crippen LogP contribution in [0.25, 0.3) is 10.1 Å². The highest BCUT2D eigenvalue weighted by atomic mass is 32.1. The lowest BCUT2D eigenvalue weighted by molar-refractivity contribution is 1.19. The van der Waals surface area contributed by atoms with Crippen LogP contribution in [0.2, 0.25) is 0 Å². The van der Waals surface area contributed by atoms with Crippen molar-refractivity contribution in [2.45, 2.75) is 13.3 Å². The Labute approximate surface area is 81.2 Å². The van der Waals surface area contributed by atoms with Crippen molar-refractivity contribution in [2.24, 2.45) is 0 Å². The fourth-order valence-electron chi connectivity index (χ4n) is 1.42. The van der Waals surface area contributed by atoms with Gasteiger partial charge in [0.25, 0.3) is 0 Å². The Morgan fingerprint density at radius 3 is 2.69 bits per heavy atom. The number of nitrogens with two attached hydrogens (primary N) is 2. The number of thiophene rings is 1. The summed E-state index contributed by atoms with van der Waals surface area (Å²) in [5.74, 6) is 0. The van der Waals surface area contributed by atoms with Gasteiger partial charge in [0.05, 0.1) is 0 Å². The summed E-state index contributed by atoms with van der Waals surface area (Å²) in [5.41, 5.74) is 13.1. The first kappa shape index (κ1) is 8.38. The fourth-order valence-corrected chi connectivity index (χ4v) is 2.50. The second-order valence-corrected chi connectivity index (χ2v) is 4.26. The molecule has 2 rings (SSSR count). The summed E-state index contributed by atoms with van der Waals surface area (Å²) in [6.45, 7) is 2.14. The number of hydrogen-bond acceptors (Lipinski definition) is 3. The molecule has 4 N–H and O–H groups in total. The fraction of sp³-hybridized carbons (Fsp3) is 0.200. The molecule has 0 amide bonds. The number of anilines is 2. The zero-order chi connectivity index (χ0) is 9.42. The van der Waals surface area contributed by atoms with Crippen LogP contribution in [0.3, 0.4) is 0 Å². The van der Waals surface area contributed by atoms with Crippen LogP contribution < -0.4 is 11.5 Å². The summed E-state index contributed by atoms with van der Waals surface area (Å²) in [5, 5.41) is 1.14. The van der Waals surface area contributed by atoms with Gasteiger partial charge in [0.1, 0.15) is 0 Å². The van der Waals surface area contributed by atoms with Crippen molar-refractivity contribution >= 4 is 32.8 Å². The highest BCUT2D eigenvalue weighted by Gasteiger charge is 2.04. The van der Waals surface area contributed by atoms with Gasteiger partial charge in [-0.1, -0.05) is 6.92 Å². The normalized spacial score (nSPS) is 10.8. The molecular weight excluding hydrogens is 180 g/mol. The molecule has 0 radical (unpaired) electrons. The van der Waals surface area contributed by atoms with E-state index in [-0.39, 0.29) is 0 Å². The molecule has 1 aromatic carbocycles. The first-order valence-corrected chi connectivity index (χ1v) is 5.09. The number of benzene rings is 1. The van der Waals surface area contributed by atoms with Crippen molar-refractivity contribution < 1.29 is 0 Å². The van der Waals surface area contributed by atoms with Gasteiger partial charge in [-0.3, -0.25) is 0 Å². The van der Waals surface area contributed by atoms with Gasteiger partial charge in [0, 0.05) is 26.3 Å². The van der Waals surface area contributed by atoms with Crippen molar-refractivity contribution in [1.29, 1.82) is 0 Å². The number of nitrogen functional groups attached to an aromatic ring is 2. The lowest BCUT2D eigenvalue weighted by Gasteiger charge is -1.97. The second-order valence-electron chi connectivity index (χ2n) is 3.09. The summed E-state index contributed by atoms with van der Waals surface area (Å²) in [4.78, 5) is 1.35. The molecule has 68 valence electrons. The van der Waals surface area contributed by atoms with Gasteiger partial charge < -0.3 is 11.5 Å². The molecule has 3 heteroatoms. The third kappa shape index (κ3) is 1.35. The van der Waals surface area contributed by atoms with Crippen molar-refractivity contribution in [3.8, 4) is 0 Å². The van der Waals surface area contributed by atoms with Gasteiger partial charge >= 0.3 is 0 Å². The number of aryl methyl sites for hydroxylation is 1. The first-order chi connectivity index (χ1) is 6.20. The van der Waals surface area contributed by atoms with E-state index < -0.39 is 0 Å². The van der Waals surface area contributed by atoms with Gasteiger partial charge in [-0.2, -0.15) is 0 Å². The molecule has 1 heterocycles. The molecule has 2 nitrogen and oxygen atoms in total. The Balaban J connectivity index is 2.75. The maximum atomic E-state index is 5.85. The molecule has 0 unspecified atom stereocenters. The number of rotatable bonds is 1. The maximum Gasteiger partial charge on any atom is 0.0423 e. The van der Waals surface area contributed by atoms with E-state index in [4.69, 9.17) is 11.5 Å². The van der Waals surface area contributed by atoms with Gasteiger partial charge in [0.2, 0.25) is 0 Å². The lowest BCUT2D eigenvalue weighted by Crippen LogP contribution is -1.89. The third-order valence-electron chi connectivity index (χ3n) is 2.09. The van der Waals surface area contributed by atoms with E-state index in [1.807, 2.05) is 12.1 Å². The van der Waals surface area contributed by atoms with Crippen molar-refractivity contribution in [3.05, 3.63) is 23.1 Å². The first-order valence-electron chi connectivity index (χ1n) is 4.28. The van der Waals surface area contributed by atoms with Crippen LogP contribution in [0.1, 0.15) is 11.8 Å². The topological polar surface area (TPSA) is 52.0 Å². The smallest absolute Gasteiger partial charge is 0.0423 e. The number of hydrogen-bond donors (Lipinski definition) is 2. The minimum atomic E-state index is 0.745. The molecule has 0 bridgehead atoms. The molecular formula is C10H12N2S. The molecule has 1 aromatic heterocycles. The zero-order valence-electron chi connectivity index (χ0n) is 7.50. The van der Waals surface area contributed by atoms with Gasteiger partial charge in [-0.25, -0.2) is 0 Å². The Morgan fingerprint density at radius 2 is 2.00 bits per heavy atom. The number of fused-ring (bicyclic) bond motifs is 1. The van der Waals surface area contributed by atoms with Crippen LogP contribution in [0.4, 0.5) is 11.4 Å². The van der Waals surface area contributed by atoms with E-state index in [0.29, 0.717) is 0 Å². The Hall–Kier alpha value is -1.22. The molecule has 0 atom stereocenters. The highest BCUT2D eigenvalue weighted by molar-refractivity contribution is 7.19. The minimum absolute atomic E-state index is 0.745. The van der Waals surface area contributed by atoms with Crippen LogP contribution in [-0.2, 0) is 6.42 Å². The molecule has 0 saturated carbocycles. The Bertz CT molecular complexity index is 445. The summed E-state index contributed by atoms with van der Waals surface area (Å²) >= 11 is 1.77. The minimum Gasteiger partial charge on any atom is -0.399 e. The van der Waals surface area contributed by atoms with Gasteiger partial charge in [-0.05, 0) is 24.6 Å². The monoisotopic (exact) mass is 192 g/mol. The average molecular weight is 192 g/mol. The molecule has 0 fully saturated rings. The second kappa shape index (κ2) is 2.92. The van der Waals surface area contributed by atoms with Crippen molar-refractivity contribution in [3.63, 3.8) is 0 Å². The standard InChI is InChI=1S/C10H12N2S/c1-2-7-5-8-9(12)3-6(11)4-10(8)13-7/h3-5H,2,11-12H2,1H3. The van der Waals surface area contributed by atoms with Crippen LogP contribution >= 0.6 is 11.3 Å². The molecule has 2 aromatic rings. The Morgan fingerprint density at radius 1 is 1.23 bits per heavy atom. The predicted octanol–water partition coefficient (Wildman–Crippen LogP) is 2.63. The molecule has 0 spiro atoms. The van der Waals surface area contributed by atoms with Gasteiger partial charge in [-0.15, -0.1) is 11.3 Å². The van der Waals surface area contributed by atoms with Crippen LogP contribution in [0.15, 0.2) is 18.2 Å². The lowest BCUT2D eigenvalue weighted by atomic mass is 10.2. The van der Waals surface area contributed by atoms with E-state index in [1.165, 1.54) is 9.58 Å². The average Bonchev–Trinajstić information content (AvgIpc) is 2.47. The van der Waals surface area contributed by atoms with E-state index >= 15 is 0 Å². The summed E-state index contributed by atoms with van der Waals surface area (Å²) < 4.78 is 1.19. The van der Waals surface area contributed by atoms with E-state index in [0.717, 1.165) is 23.2 Å². The van der Waals surface area contributed by atoms with E-state index in [9.17, 15) is 0 Å². The molecule has 0 aliphatic carbocycles. The van der Waals surface area contributed by atoms with Crippen molar-refractivity contribution in [1.82, 2.24) is 0 Å². The van der Waals surface area contributed by atoms with E-state index in [1.54, 1.807) is 11.3 Å². The summed E-state index contributed by atoms with van der Waals surface area (Å²) in [6, 6.07) is 5.94. The van der Waals surface area contributed by atoms with Crippen molar-refractivity contribution in [2.75, 3.05) is 11.5 Å². The highest BCUT2D eigenvalue weighted by Crippen LogP contribution is 2.32. The summed E-state index contributed by atoms with van der Waals surface area (Å²) in [7, 11) is 0. The zero-order valence-corrected chi connectivity index (χ0v) is 8.32. The van der Waals surface area contributed by atoms with E-state index in [2.05, 4.69) is 13.0 Å².